The summed E-state index contributed by atoms with van der Waals surface area (Å²) >= 11 is -5.21. The Kier molecular flexibility index (Phi) is 4.89. The molecule has 0 aromatic carbocycles. The molecule has 2 N–H and O–H groups in total. The molecule has 0 aromatic heterocycles. The molecular weight excluding hydrogens is 354 g/mol. The number of halogens is 8. The van der Waals surface area contributed by atoms with E-state index in [1.165, 1.54) is 0 Å². The van der Waals surface area contributed by atoms with Gasteiger partial charge in [0, 0.05) is 11.1 Å². The Labute approximate surface area is 108 Å². The van der Waals surface area contributed by atoms with Crippen molar-refractivity contribution in [3.8, 4) is 0 Å². The normalized spacial score (nSPS) is 17.1. The van der Waals surface area contributed by atoms with E-state index in [0.29, 0.717) is 0 Å². The lowest BCUT2D eigenvalue weighted by molar-refractivity contribution is -0.472. The topological polar surface area (TPSA) is 90.9 Å². The Bertz CT molecular complexity index is 503. The molecule has 0 saturated heterocycles. The van der Waals surface area contributed by atoms with Gasteiger partial charge < -0.3 is 4.55 Å². The zero-order valence-corrected chi connectivity index (χ0v) is 10.7. The van der Waals surface area contributed by atoms with Gasteiger partial charge in [-0.2, -0.15) is 43.5 Å². The first-order chi connectivity index (χ1) is 8.50. The summed E-state index contributed by atoms with van der Waals surface area (Å²) in [6.07, 6.45) is 0. The van der Waals surface area contributed by atoms with Gasteiger partial charge >= 0.3 is 32.4 Å². The number of quaternary nitrogens is 1. The third-order valence-electron chi connectivity index (χ3n) is 2.00. The van der Waals surface area contributed by atoms with Gasteiger partial charge in [-0.25, -0.2) is 4.72 Å². The maximum absolute atomic E-state index is 12.9. The van der Waals surface area contributed by atoms with E-state index in [-0.39, 0.29) is 7.05 Å². The van der Waals surface area contributed by atoms with E-state index in [9.17, 15) is 52.3 Å². The number of rotatable bonds is 6. The number of hydrogen-bond acceptors (Lipinski definition) is 4. The van der Waals surface area contributed by atoms with Crippen molar-refractivity contribution in [2.75, 3.05) is 7.05 Å². The molecule has 0 radical (unpaired) electrons. The molecule has 0 rings (SSSR count). The Morgan fingerprint density at radius 1 is 0.950 bits per heavy atom. The van der Waals surface area contributed by atoms with Crippen LogP contribution in [0.15, 0.2) is 0 Å². The molecule has 0 fully saturated rings. The highest BCUT2D eigenvalue weighted by Gasteiger charge is 2.86. The number of sulfonamides is 1. The van der Waals surface area contributed by atoms with E-state index in [2.05, 4.69) is 0 Å². The molecule has 0 spiro atoms. The van der Waals surface area contributed by atoms with Crippen LogP contribution in [0.3, 0.4) is 0 Å². The molecule has 0 bridgehead atoms. The second-order valence-corrected chi connectivity index (χ2v) is 6.25. The fourth-order valence-electron chi connectivity index (χ4n) is 0.797. The lowest BCUT2D eigenvalue weighted by atomic mass is 10.2. The first-order valence-corrected chi connectivity index (χ1v) is 6.77. The highest BCUT2D eigenvalue weighted by Crippen LogP contribution is 2.54. The second-order valence-electron chi connectivity index (χ2n) is 3.20. The highest BCUT2D eigenvalue weighted by atomic mass is 32.2. The van der Waals surface area contributed by atoms with Gasteiger partial charge in [0.15, 0.2) is 0 Å². The van der Waals surface area contributed by atoms with Crippen LogP contribution in [0.1, 0.15) is 0 Å². The van der Waals surface area contributed by atoms with E-state index in [4.69, 9.17) is 0 Å². The molecule has 1 unspecified atom stereocenters. The maximum Gasteiger partial charge on any atom is 0.463 e. The third kappa shape index (κ3) is 2.39. The van der Waals surface area contributed by atoms with Crippen molar-refractivity contribution in [1.29, 1.82) is 0 Å². The van der Waals surface area contributed by atoms with Crippen LogP contribution >= 0.6 is 0 Å². The van der Waals surface area contributed by atoms with Crippen molar-refractivity contribution >= 4 is 21.1 Å². The molecule has 0 aliphatic carbocycles. The minimum atomic E-state index is -7.19. The fourth-order valence-corrected chi connectivity index (χ4v) is 1.92. The molecule has 0 aliphatic heterocycles. The van der Waals surface area contributed by atoms with Crippen molar-refractivity contribution in [1.82, 2.24) is 0 Å². The average Bonchev–Trinajstić information content (AvgIpc) is 2.27. The Hall–Kier alpha value is -0.540. The van der Waals surface area contributed by atoms with Crippen molar-refractivity contribution in [2.45, 2.75) is 22.4 Å². The lowest BCUT2D eigenvalue weighted by Gasteiger charge is -2.35. The van der Waals surface area contributed by atoms with Gasteiger partial charge in [0.25, 0.3) is 0 Å². The summed E-state index contributed by atoms with van der Waals surface area (Å²) in [6, 6.07) is 0. The van der Waals surface area contributed by atoms with Gasteiger partial charge in [-0.15, -0.1) is 0 Å². The summed E-state index contributed by atoms with van der Waals surface area (Å²) in [5.74, 6) is -14.4. The van der Waals surface area contributed by atoms with Crippen LogP contribution in [0.25, 0.3) is 0 Å². The molecule has 0 saturated carbocycles. The Balaban J connectivity index is 6.19. The maximum atomic E-state index is 12.9. The summed E-state index contributed by atoms with van der Waals surface area (Å²) in [7, 11) is -6.10. The van der Waals surface area contributed by atoms with Crippen LogP contribution in [0.5, 0.6) is 0 Å². The molecule has 0 aliphatic rings. The average molecular weight is 359 g/mol. The third-order valence-corrected chi connectivity index (χ3v) is 4.27. The second kappa shape index (κ2) is 5.03. The predicted octanol–water partition coefficient (Wildman–Crippen LogP) is -0.155. The number of nitrogens with two attached hydrogens (primary N) is 1. The number of hydrogen-bond donors (Lipinski definition) is 1. The molecule has 15 heteroatoms. The Morgan fingerprint density at radius 3 is 1.55 bits per heavy atom. The van der Waals surface area contributed by atoms with E-state index in [0.717, 1.165) is 0 Å². The van der Waals surface area contributed by atoms with Crippen LogP contribution < -0.4 is 4.72 Å². The molecule has 1 atom stereocenters. The monoisotopic (exact) mass is 359 g/mol. The number of primary sulfonamides is 1. The van der Waals surface area contributed by atoms with E-state index in [1.807, 2.05) is 0 Å². The first kappa shape index (κ1) is 19.5. The lowest BCUT2D eigenvalue weighted by Crippen LogP contribution is -2.89. The van der Waals surface area contributed by atoms with Gasteiger partial charge in [0.05, 0.1) is 7.05 Å². The van der Waals surface area contributed by atoms with Gasteiger partial charge in [0.2, 0.25) is 0 Å². The predicted molar refractivity (Wildman–Crippen MR) is 45.5 cm³/mol. The summed E-state index contributed by atoms with van der Waals surface area (Å²) in [5, 5.41) is -13.3. The van der Waals surface area contributed by atoms with Gasteiger partial charge in [-0.3, -0.25) is 4.21 Å². The zero-order valence-electron chi connectivity index (χ0n) is 9.05. The fraction of sp³-hybridized carbons (Fsp3) is 1.00. The summed E-state index contributed by atoms with van der Waals surface area (Å²) in [4.78, 5) is 0. The van der Waals surface area contributed by atoms with Crippen molar-refractivity contribution in [3.05, 3.63) is 0 Å². The first-order valence-electron chi connectivity index (χ1n) is 4.15. The van der Waals surface area contributed by atoms with Crippen LogP contribution in [0, 0.1) is 0 Å². The molecule has 122 valence electrons. The summed E-state index contributed by atoms with van der Waals surface area (Å²) < 4.78 is 142. The molecular formula is C5H5F8NO4S2. The Morgan fingerprint density at radius 2 is 1.30 bits per heavy atom. The molecule has 5 nitrogen and oxygen atoms in total. The van der Waals surface area contributed by atoms with E-state index >= 15 is 0 Å². The molecule has 0 amide bonds. The van der Waals surface area contributed by atoms with Crippen molar-refractivity contribution < 1.29 is 57.0 Å². The zero-order chi connectivity index (χ0) is 16.8. The van der Waals surface area contributed by atoms with Crippen LogP contribution in [-0.4, -0.2) is 46.6 Å². The summed E-state index contributed by atoms with van der Waals surface area (Å²) in [6.45, 7) is 0. The van der Waals surface area contributed by atoms with E-state index < -0.39 is 48.2 Å². The molecule has 20 heavy (non-hydrogen) atoms. The van der Waals surface area contributed by atoms with Gasteiger partial charge in [-0.05, 0) is 0 Å². The minimum absolute atomic E-state index is 0.251. The standard InChI is InChI=1S/C5H5F8NO4S2/c1-14-20(17,18)5(12,13)3(8,9)2(6,7)4(10,11)19(15)16/h14H,1H3,(H,15,16). The SMILES string of the molecule is C[NH2+]S(=O)(=O)C(F)(F)C(F)(F)C(F)(F)C(F)(F)S(=O)[O-]. The van der Waals surface area contributed by atoms with E-state index in [1.54, 1.807) is 0 Å². The van der Waals surface area contributed by atoms with Crippen LogP contribution in [0.4, 0.5) is 35.1 Å². The summed E-state index contributed by atoms with van der Waals surface area (Å²) in [5.41, 5.74) is 0. The van der Waals surface area contributed by atoms with Crippen LogP contribution in [0.2, 0.25) is 0 Å². The largest absolute Gasteiger partial charge is 0.768 e. The molecule has 0 aromatic rings. The van der Waals surface area contributed by atoms with Crippen molar-refractivity contribution in [2.24, 2.45) is 0 Å². The van der Waals surface area contributed by atoms with Gasteiger partial charge in [-0.1, -0.05) is 0 Å². The van der Waals surface area contributed by atoms with Crippen LogP contribution in [-0.2, 0) is 21.1 Å². The van der Waals surface area contributed by atoms with Gasteiger partial charge in [0.1, 0.15) is 0 Å². The highest BCUT2D eigenvalue weighted by molar-refractivity contribution is 7.85. The number of alkyl halides is 8. The minimum Gasteiger partial charge on any atom is -0.768 e. The molecule has 0 heterocycles. The quantitative estimate of drug-likeness (QED) is 0.527. The van der Waals surface area contributed by atoms with Crippen molar-refractivity contribution in [3.63, 3.8) is 0 Å². The smallest absolute Gasteiger partial charge is 0.463 e.